The van der Waals surface area contributed by atoms with E-state index in [1.807, 2.05) is 0 Å². The quantitative estimate of drug-likeness (QED) is 0.157. The Morgan fingerprint density at radius 2 is 1.16 bits per heavy atom. The molecule has 19 heavy (non-hydrogen) atoms. The molecule has 0 bridgehead atoms. The van der Waals surface area contributed by atoms with E-state index >= 15 is 0 Å². The van der Waals surface area contributed by atoms with Crippen LogP contribution < -0.4 is 0 Å². The van der Waals surface area contributed by atoms with Crippen LogP contribution in [0.4, 0.5) is 0 Å². The third kappa shape index (κ3) is 9.94. The van der Waals surface area contributed by atoms with Crippen LogP contribution in [0.15, 0.2) is 0 Å². The van der Waals surface area contributed by atoms with Crippen LogP contribution in [0.1, 0.15) is 0 Å². The summed E-state index contributed by atoms with van der Waals surface area (Å²) >= 11 is 2.25. The topological polar surface area (TPSA) is 79.2 Å². The minimum atomic E-state index is 0.0404. The van der Waals surface area contributed by atoms with Crippen LogP contribution in [-0.4, -0.2) is 96.7 Å². The summed E-state index contributed by atoms with van der Waals surface area (Å²) in [6, 6.07) is 0. The molecule has 0 aromatic carbocycles. The van der Waals surface area contributed by atoms with Gasteiger partial charge in [0.05, 0.1) is 46.2 Å². The molecule has 0 rings (SSSR count). The summed E-state index contributed by atoms with van der Waals surface area (Å²) in [6.45, 7) is 4.78. The van der Waals surface area contributed by atoms with Crippen LogP contribution in [0.3, 0.4) is 0 Å². The Labute approximate surface area is 129 Å². The highest BCUT2D eigenvalue weighted by molar-refractivity contribution is 14.1. The van der Waals surface area contributed by atoms with Gasteiger partial charge in [-0.25, -0.2) is 0 Å². The van der Waals surface area contributed by atoms with Crippen LogP contribution in [-0.2, 0) is 9.47 Å². The number of hydrogen-bond acceptors (Lipinski definition) is 5. The molecule has 0 aliphatic heterocycles. The molecule has 7 heteroatoms. The summed E-state index contributed by atoms with van der Waals surface area (Å²) in [5, 5.41) is 27.3. The lowest BCUT2D eigenvalue weighted by molar-refractivity contribution is -0.929. The smallest absolute Gasteiger partial charge is 0.103 e. The van der Waals surface area contributed by atoms with Gasteiger partial charge in [-0.05, 0) is 0 Å². The molecule has 0 atom stereocenters. The summed E-state index contributed by atoms with van der Waals surface area (Å²) in [7, 11) is 0. The highest BCUT2D eigenvalue weighted by Gasteiger charge is 2.25. The molecule has 0 aromatic heterocycles. The third-order valence-corrected chi connectivity index (χ3v) is 3.47. The average Bonchev–Trinajstić information content (AvgIpc) is 2.39. The van der Waals surface area contributed by atoms with Gasteiger partial charge in [0.2, 0.25) is 0 Å². The Morgan fingerprint density at radius 1 is 0.684 bits per heavy atom. The number of nitrogens with zero attached hydrogens (tertiary/aromatic N) is 1. The second-order valence-electron chi connectivity index (χ2n) is 4.32. The molecule has 116 valence electrons. The van der Waals surface area contributed by atoms with E-state index in [-0.39, 0.29) is 19.8 Å². The van der Waals surface area contributed by atoms with E-state index in [4.69, 9.17) is 24.8 Å². The molecule has 0 spiro atoms. The summed E-state index contributed by atoms with van der Waals surface area (Å²) < 4.78 is 12.2. The monoisotopic (exact) mass is 392 g/mol. The van der Waals surface area contributed by atoms with Crippen molar-refractivity contribution < 1.29 is 29.3 Å². The zero-order valence-corrected chi connectivity index (χ0v) is 13.6. The van der Waals surface area contributed by atoms with Gasteiger partial charge in [-0.1, -0.05) is 22.6 Å². The summed E-state index contributed by atoms with van der Waals surface area (Å²) in [6.07, 6.45) is 0. The van der Waals surface area contributed by atoms with Crippen molar-refractivity contribution in [3.05, 3.63) is 0 Å². The lowest BCUT2D eigenvalue weighted by Gasteiger charge is -2.37. The van der Waals surface area contributed by atoms with Crippen LogP contribution in [0.5, 0.6) is 0 Å². The molecule has 0 amide bonds. The number of ether oxygens (including phenoxy) is 2. The molecule has 0 radical (unpaired) electrons. The first-order chi connectivity index (χ1) is 9.24. The van der Waals surface area contributed by atoms with Crippen LogP contribution in [0.2, 0.25) is 0 Å². The van der Waals surface area contributed by atoms with E-state index in [1.54, 1.807) is 0 Å². The lowest BCUT2D eigenvalue weighted by atomic mass is 10.3. The maximum atomic E-state index is 9.11. The maximum absolute atomic E-state index is 9.11. The van der Waals surface area contributed by atoms with E-state index in [1.165, 1.54) is 0 Å². The standard InChI is InChI=1S/C12H27INO5/c13-1-9-18-11-12-19-10-5-14(2-6-15,3-7-16)4-8-17/h15-17H,1-12H2/q+1. The fourth-order valence-electron chi connectivity index (χ4n) is 1.94. The molecule has 0 fully saturated rings. The van der Waals surface area contributed by atoms with Crippen molar-refractivity contribution in [3.8, 4) is 0 Å². The van der Waals surface area contributed by atoms with Gasteiger partial charge in [0, 0.05) is 4.43 Å². The molecule has 0 saturated carbocycles. The summed E-state index contributed by atoms with van der Waals surface area (Å²) in [4.78, 5) is 0. The van der Waals surface area contributed by atoms with E-state index in [0.29, 0.717) is 50.5 Å². The molecule has 0 aromatic rings. The molecular formula is C12H27INO5+. The highest BCUT2D eigenvalue weighted by Crippen LogP contribution is 2.05. The molecule has 0 heterocycles. The normalized spacial score (nSPS) is 12.0. The van der Waals surface area contributed by atoms with Gasteiger partial charge >= 0.3 is 0 Å². The summed E-state index contributed by atoms with van der Waals surface area (Å²) in [5.74, 6) is 0. The minimum absolute atomic E-state index is 0.0404. The SMILES string of the molecule is OCC[N+](CCO)(CCO)CCOCCOCCI. The first-order valence-corrected chi connectivity index (χ1v) is 8.16. The molecule has 0 saturated heterocycles. The molecule has 0 aliphatic carbocycles. The Kier molecular flexibility index (Phi) is 13.8. The molecule has 0 unspecified atom stereocenters. The Morgan fingerprint density at radius 3 is 1.58 bits per heavy atom. The molecular weight excluding hydrogens is 365 g/mol. The van der Waals surface area contributed by atoms with Crippen LogP contribution in [0, 0.1) is 0 Å². The van der Waals surface area contributed by atoms with Gasteiger partial charge in [0.1, 0.15) is 26.2 Å². The number of aliphatic hydroxyl groups is 3. The van der Waals surface area contributed by atoms with Crippen molar-refractivity contribution in [3.63, 3.8) is 0 Å². The fraction of sp³-hybridized carbons (Fsp3) is 1.00. The van der Waals surface area contributed by atoms with Crippen LogP contribution >= 0.6 is 22.6 Å². The fourth-order valence-corrected chi connectivity index (χ4v) is 2.25. The van der Waals surface area contributed by atoms with Crippen molar-refractivity contribution in [1.82, 2.24) is 0 Å². The predicted octanol–water partition coefficient (Wildman–Crippen LogP) is -0.752. The number of hydrogen-bond donors (Lipinski definition) is 3. The number of rotatable bonds is 14. The molecule has 0 aliphatic rings. The van der Waals surface area contributed by atoms with Crippen molar-refractivity contribution in [1.29, 1.82) is 0 Å². The van der Waals surface area contributed by atoms with Gasteiger partial charge < -0.3 is 29.3 Å². The maximum Gasteiger partial charge on any atom is 0.103 e. The van der Waals surface area contributed by atoms with Gasteiger partial charge in [-0.2, -0.15) is 0 Å². The zero-order chi connectivity index (χ0) is 14.4. The predicted molar refractivity (Wildman–Crippen MR) is 81.5 cm³/mol. The van der Waals surface area contributed by atoms with Crippen molar-refractivity contribution >= 4 is 22.6 Å². The van der Waals surface area contributed by atoms with E-state index in [2.05, 4.69) is 22.6 Å². The first kappa shape index (κ1) is 19.5. The number of aliphatic hydroxyl groups excluding tert-OH is 3. The second-order valence-corrected chi connectivity index (χ2v) is 5.40. The summed E-state index contributed by atoms with van der Waals surface area (Å²) in [5.41, 5.74) is 0. The van der Waals surface area contributed by atoms with Gasteiger partial charge in [-0.15, -0.1) is 0 Å². The Balaban J connectivity index is 3.89. The third-order valence-electron chi connectivity index (χ3n) is 3.03. The Bertz CT molecular complexity index is 180. The van der Waals surface area contributed by atoms with E-state index in [9.17, 15) is 0 Å². The molecule has 3 N–H and O–H groups in total. The molecule has 6 nitrogen and oxygen atoms in total. The zero-order valence-electron chi connectivity index (χ0n) is 11.5. The number of halogens is 1. The highest BCUT2D eigenvalue weighted by atomic mass is 127. The van der Waals surface area contributed by atoms with E-state index < -0.39 is 0 Å². The number of quaternary nitrogens is 1. The van der Waals surface area contributed by atoms with Crippen LogP contribution in [0.25, 0.3) is 0 Å². The first-order valence-electron chi connectivity index (χ1n) is 6.64. The lowest BCUT2D eigenvalue weighted by Crippen LogP contribution is -2.55. The van der Waals surface area contributed by atoms with Crippen molar-refractivity contribution in [2.24, 2.45) is 0 Å². The second kappa shape index (κ2) is 13.5. The van der Waals surface area contributed by atoms with E-state index in [0.717, 1.165) is 11.0 Å². The average molecular weight is 392 g/mol. The number of alkyl halides is 1. The van der Waals surface area contributed by atoms with Gasteiger partial charge in [0.25, 0.3) is 0 Å². The van der Waals surface area contributed by atoms with Crippen molar-refractivity contribution in [2.45, 2.75) is 0 Å². The van der Waals surface area contributed by atoms with Crippen molar-refractivity contribution in [2.75, 3.05) is 76.9 Å². The minimum Gasteiger partial charge on any atom is -0.391 e. The van der Waals surface area contributed by atoms with Gasteiger partial charge in [-0.3, -0.25) is 0 Å². The largest absolute Gasteiger partial charge is 0.391 e. The van der Waals surface area contributed by atoms with Gasteiger partial charge in [0.15, 0.2) is 0 Å². The Hall–Kier alpha value is 0.490.